The minimum atomic E-state index is -1.48. The number of imidazole rings is 1. The van der Waals surface area contributed by atoms with Crippen LogP contribution in [0.25, 0.3) is 0 Å². The number of hydrogen-bond donors (Lipinski definition) is 1. The first-order chi connectivity index (χ1) is 17.3. The highest BCUT2D eigenvalue weighted by Gasteiger charge is 2.49. The van der Waals surface area contributed by atoms with E-state index >= 15 is 4.39 Å². The number of hydrogen-bond acceptors (Lipinski definition) is 6. The Balaban J connectivity index is 1.49. The second-order valence-corrected chi connectivity index (χ2v) is 10.3. The van der Waals surface area contributed by atoms with Crippen molar-refractivity contribution in [2.45, 2.75) is 70.4 Å². The molecule has 0 saturated carbocycles. The van der Waals surface area contributed by atoms with Crippen molar-refractivity contribution in [3.05, 3.63) is 64.1 Å². The van der Waals surface area contributed by atoms with Gasteiger partial charge in [-0.3, -0.25) is 0 Å². The third kappa shape index (κ3) is 3.91. The third-order valence-corrected chi connectivity index (χ3v) is 8.00. The molecule has 1 aromatic carbocycles. The van der Waals surface area contributed by atoms with Crippen LogP contribution in [0, 0.1) is 11.3 Å². The Labute approximate surface area is 212 Å². The average Bonchev–Trinajstić information content (AvgIpc) is 3.31. The number of nitriles is 1. The van der Waals surface area contributed by atoms with Gasteiger partial charge in [0.1, 0.15) is 23.5 Å². The van der Waals surface area contributed by atoms with E-state index in [-0.39, 0.29) is 19.0 Å². The molecule has 2 aromatic heterocycles. The van der Waals surface area contributed by atoms with Crippen LogP contribution < -0.4 is 10.6 Å². The Hall–Kier alpha value is -3.47. The molecule has 8 heteroatoms. The lowest BCUT2D eigenvalue weighted by molar-refractivity contribution is 0.104. The minimum absolute atomic E-state index is 0.163. The first-order valence-electron chi connectivity index (χ1n) is 12.9. The van der Waals surface area contributed by atoms with E-state index in [9.17, 15) is 5.26 Å². The number of nitrogen functional groups attached to an aromatic ring is 1. The van der Waals surface area contributed by atoms with Crippen LogP contribution in [-0.4, -0.2) is 32.6 Å². The summed E-state index contributed by atoms with van der Waals surface area (Å²) in [4.78, 5) is 16.0. The molecular formula is C28H34FN7. The van der Waals surface area contributed by atoms with Crippen molar-refractivity contribution in [3.63, 3.8) is 0 Å². The Morgan fingerprint density at radius 1 is 1.28 bits per heavy atom. The predicted molar refractivity (Wildman–Crippen MR) is 139 cm³/mol. The van der Waals surface area contributed by atoms with Crippen molar-refractivity contribution in [2.75, 3.05) is 23.7 Å². The van der Waals surface area contributed by atoms with E-state index in [1.165, 1.54) is 5.56 Å². The largest absolute Gasteiger partial charge is 0.398 e. The molecule has 2 unspecified atom stereocenters. The summed E-state index contributed by atoms with van der Waals surface area (Å²) in [6.45, 7) is 6.89. The first-order valence-corrected chi connectivity index (χ1v) is 12.9. The van der Waals surface area contributed by atoms with Crippen LogP contribution in [-0.2, 0) is 32.0 Å². The van der Waals surface area contributed by atoms with E-state index in [2.05, 4.69) is 31.0 Å². The summed E-state index contributed by atoms with van der Waals surface area (Å²) >= 11 is 0. The molecule has 0 spiro atoms. The molecule has 0 amide bonds. The maximum atomic E-state index is 15.6. The number of nitrogens with zero attached hydrogens (tertiary/aromatic N) is 6. The summed E-state index contributed by atoms with van der Waals surface area (Å²) in [5, 5.41) is 9.98. The standard InChI is InChI=1S/C28H34FN7/c1-5-17(3)19-9-10-22(31)21(14-30)25(19)18-7-8-20-23(13-18)33-24(6-2)34-26(20)36-15-28(29,16-36)27-32-11-12-35(27)4/h9-12,17-18H,5-8,13,15-16,31H2,1-4H3. The topological polar surface area (TPSA) is 96.7 Å². The average molecular weight is 488 g/mol. The van der Waals surface area contributed by atoms with E-state index in [0.29, 0.717) is 29.4 Å². The molecule has 1 aliphatic heterocycles. The van der Waals surface area contributed by atoms with Gasteiger partial charge >= 0.3 is 0 Å². The number of benzene rings is 1. The highest BCUT2D eigenvalue weighted by Crippen LogP contribution is 2.44. The van der Waals surface area contributed by atoms with Gasteiger partial charge in [-0.25, -0.2) is 19.3 Å². The summed E-state index contributed by atoms with van der Waals surface area (Å²) in [6, 6.07) is 6.35. The quantitative estimate of drug-likeness (QED) is 0.507. The maximum absolute atomic E-state index is 15.6. The second-order valence-electron chi connectivity index (χ2n) is 10.3. The summed E-state index contributed by atoms with van der Waals surface area (Å²) in [5.41, 5.74) is 10.3. The predicted octanol–water partition coefficient (Wildman–Crippen LogP) is 4.70. The first kappa shape index (κ1) is 24.2. The molecule has 1 aliphatic carbocycles. The highest BCUT2D eigenvalue weighted by molar-refractivity contribution is 5.63. The highest BCUT2D eigenvalue weighted by atomic mass is 19.1. The van der Waals surface area contributed by atoms with E-state index in [1.54, 1.807) is 17.0 Å². The van der Waals surface area contributed by atoms with Crippen molar-refractivity contribution >= 4 is 11.5 Å². The van der Waals surface area contributed by atoms with E-state index in [0.717, 1.165) is 54.1 Å². The number of fused-ring (bicyclic) bond motifs is 1. The maximum Gasteiger partial charge on any atom is 0.202 e. The summed E-state index contributed by atoms with van der Waals surface area (Å²) in [5.74, 6) is 2.59. The zero-order valence-electron chi connectivity index (χ0n) is 21.6. The van der Waals surface area contributed by atoms with Crippen LogP contribution in [0.2, 0.25) is 0 Å². The van der Waals surface area contributed by atoms with Crippen LogP contribution in [0.15, 0.2) is 24.5 Å². The zero-order valence-corrected chi connectivity index (χ0v) is 21.6. The molecule has 7 nitrogen and oxygen atoms in total. The van der Waals surface area contributed by atoms with Crippen LogP contribution in [0.4, 0.5) is 15.9 Å². The van der Waals surface area contributed by atoms with Crippen molar-refractivity contribution in [1.82, 2.24) is 19.5 Å². The Kier molecular flexibility index (Phi) is 6.19. The molecule has 1 fully saturated rings. The van der Waals surface area contributed by atoms with Crippen LogP contribution >= 0.6 is 0 Å². The number of anilines is 2. The lowest BCUT2D eigenvalue weighted by Gasteiger charge is -2.45. The van der Waals surface area contributed by atoms with Crippen molar-refractivity contribution in [3.8, 4) is 6.07 Å². The molecule has 2 atom stereocenters. The molecule has 2 N–H and O–H groups in total. The number of rotatable bonds is 6. The fraction of sp³-hybridized carbons (Fsp3) is 0.500. The third-order valence-electron chi connectivity index (χ3n) is 8.00. The van der Waals surface area contributed by atoms with Gasteiger partial charge in [-0.15, -0.1) is 0 Å². The number of aromatic nitrogens is 4. The van der Waals surface area contributed by atoms with Crippen molar-refractivity contribution < 1.29 is 4.39 Å². The van der Waals surface area contributed by atoms with Crippen LogP contribution in [0.3, 0.4) is 0 Å². The molecule has 1 saturated heterocycles. The molecule has 0 radical (unpaired) electrons. The zero-order chi connectivity index (χ0) is 25.6. The Morgan fingerprint density at radius 3 is 2.69 bits per heavy atom. The van der Waals surface area contributed by atoms with Crippen molar-refractivity contribution in [1.29, 1.82) is 5.26 Å². The molecule has 3 heterocycles. The number of alkyl halides is 1. The van der Waals surface area contributed by atoms with Gasteiger partial charge in [0.05, 0.1) is 24.3 Å². The molecule has 3 aromatic rings. The number of halogens is 1. The Bertz CT molecular complexity index is 1330. The van der Waals surface area contributed by atoms with Gasteiger partial charge in [-0.2, -0.15) is 5.26 Å². The van der Waals surface area contributed by atoms with Crippen LogP contribution in [0.5, 0.6) is 0 Å². The number of nitrogens with two attached hydrogens (primary N) is 1. The van der Waals surface area contributed by atoms with Gasteiger partial charge in [0.15, 0.2) is 0 Å². The molecule has 5 rings (SSSR count). The molecular weight excluding hydrogens is 453 g/mol. The van der Waals surface area contributed by atoms with Crippen molar-refractivity contribution in [2.24, 2.45) is 7.05 Å². The molecule has 0 bridgehead atoms. The van der Waals surface area contributed by atoms with E-state index in [4.69, 9.17) is 15.7 Å². The fourth-order valence-electron chi connectivity index (χ4n) is 5.83. The summed E-state index contributed by atoms with van der Waals surface area (Å²) < 4.78 is 17.4. The molecule has 188 valence electrons. The summed E-state index contributed by atoms with van der Waals surface area (Å²) in [7, 11) is 1.83. The molecule has 36 heavy (non-hydrogen) atoms. The van der Waals surface area contributed by atoms with E-state index < -0.39 is 5.67 Å². The van der Waals surface area contributed by atoms with Gasteiger partial charge < -0.3 is 15.2 Å². The van der Waals surface area contributed by atoms with Gasteiger partial charge in [0.25, 0.3) is 0 Å². The lowest BCUT2D eigenvalue weighted by Crippen LogP contribution is -2.58. The smallest absolute Gasteiger partial charge is 0.202 e. The van der Waals surface area contributed by atoms with Gasteiger partial charge in [0.2, 0.25) is 5.67 Å². The monoisotopic (exact) mass is 487 g/mol. The SMILES string of the molecule is CCc1nc2c(c(N3CC(F)(c4nccn4C)C3)n1)CCC(c1c(C(C)CC)ccc(N)c1C#N)C2. The number of aryl methyl sites for hydroxylation is 2. The van der Waals surface area contributed by atoms with Crippen LogP contribution in [0.1, 0.15) is 85.0 Å². The summed E-state index contributed by atoms with van der Waals surface area (Å²) in [6.07, 6.45) is 7.52. The van der Waals surface area contributed by atoms with E-state index in [1.807, 2.05) is 24.9 Å². The Morgan fingerprint density at radius 2 is 2.06 bits per heavy atom. The van der Waals surface area contributed by atoms with Gasteiger partial charge in [-0.05, 0) is 54.7 Å². The normalized spacial score (nSPS) is 19.3. The second kappa shape index (κ2) is 9.20. The van der Waals surface area contributed by atoms with Gasteiger partial charge in [0, 0.05) is 37.1 Å². The van der Waals surface area contributed by atoms with Gasteiger partial charge in [-0.1, -0.05) is 26.8 Å². The fourth-order valence-corrected chi connectivity index (χ4v) is 5.83. The minimum Gasteiger partial charge on any atom is -0.398 e. The molecule has 2 aliphatic rings. The lowest BCUT2D eigenvalue weighted by atomic mass is 9.76.